The molecular formula is C12H11NO. The van der Waals surface area contributed by atoms with Crippen LogP contribution in [0.5, 0.6) is 0 Å². The maximum atomic E-state index is 5.53. The lowest BCUT2D eigenvalue weighted by Crippen LogP contribution is -1.94. The molecule has 0 aliphatic carbocycles. The van der Waals surface area contributed by atoms with E-state index in [1.54, 1.807) is 0 Å². The molecule has 0 amide bonds. The van der Waals surface area contributed by atoms with Crippen molar-refractivity contribution in [2.45, 2.75) is 6.42 Å². The lowest BCUT2D eigenvalue weighted by molar-refractivity contribution is 0.290. The van der Waals surface area contributed by atoms with Crippen LogP contribution in [-0.2, 0) is 4.74 Å². The molecule has 2 aromatic rings. The minimum Gasteiger partial charge on any atom is -0.478 e. The second-order valence-corrected chi connectivity index (χ2v) is 3.42. The van der Waals surface area contributed by atoms with Gasteiger partial charge in [0.1, 0.15) is 0 Å². The normalized spacial score (nSPS) is 15.6. The molecular weight excluding hydrogens is 174 g/mol. The molecule has 0 fully saturated rings. The zero-order valence-electron chi connectivity index (χ0n) is 7.81. The van der Waals surface area contributed by atoms with E-state index >= 15 is 0 Å². The van der Waals surface area contributed by atoms with Gasteiger partial charge in [0.15, 0.2) is 5.88 Å². The Hall–Kier alpha value is -1.70. The van der Waals surface area contributed by atoms with E-state index in [9.17, 15) is 0 Å². The first-order valence-corrected chi connectivity index (χ1v) is 4.84. The molecule has 0 saturated carbocycles. The first kappa shape index (κ1) is 7.68. The van der Waals surface area contributed by atoms with Crippen LogP contribution in [0, 0.1) is 0 Å². The smallest absolute Gasteiger partial charge is 0.193 e. The Labute approximate surface area is 82.4 Å². The quantitative estimate of drug-likeness (QED) is 0.666. The number of hydrogen-bond donors (Lipinski definition) is 0. The Bertz CT molecular complexity index is 496. The topological polar surface area (TPSA) is 14.2 Å². The summed E-state index contributed by atoms with van der Waals surface area (Å²) in [5, 5.41) is 1.25. The molecule has 0 atom stereocenters. The Morgan fingerprint density at radius 3 is 2.93 bits per heavy atom. The molecule has 1 aromatic heterocycles. The van der Waals surface area contributed by atoms with Crippen molar-refractivity contribution in [2.24, 2.45) is 0 Å². The van der Waals surface area contributed by atoms with Crippen LogP contribution in [0.25, 0.3) is 16.8 Å². The summed E-state index contributed by atoms with van der Waals surface area (Å²) in [6, 6.07) is 10.4. The van der Waals surface area contributed by atoms with Crippen molar-refractivity contribution in [3.05, 3.63) is 42.6 Å². The molecule has 1 aliphatic rings. The van der Waals surface area contributed by atoms with Gasteiger partial charge in [-0.25, -0.2) is 0 Å². The summed E-state index contributed by atoms with van der Waals surface area (Å²) in [4.78, 5) is 0. The first-order valence-electron chi connectivity index (χ1n) is 4.84. The molecule has 1 aromatic carbocycles. The van der Waals surface area contributed by atoms with Crippen molar-refractivity contribution in [3.63, 3.8) is 0 Å². The summed E-state index contributed by atoms with van der Waals surface area (Å²) in [5.74, 6) is 0.964. The standard InChI is InChI=1S/C12H11NO/c1-2-5-11-10(4-1)7-8-13(11)12-6-3-9-14-12/h1-2,4-8H,3,9H2. The Balaban J connectivity index is 2.21. The Kier molecular flexibility index (Phi) is 1.60. The third-order valence-electron chi connectivity index (χ3n) is 2.52. The van der Waals surface area contributed by atoms with Crippen molar-refractivity contribution < 1.29 is 4.74 Å². The van der Waals surface area contributed by atoms with Crippen LogP contribution >= 0.6 is 0 Å². The largest absolute Gasteiger partial charge is 0.478 e. The summed E-state index contributed by atoms with van der Waals surface area (Å²) in [6.45, 7) is 0.807. The molecule has 2 heterocycles. The number of benzene rings is 1. The van der Waals surface area contributed by atoms with Gasteiger partial charge in [-0.15, -0.1) is 0 Å². The number of para-hydroxylation sites is 1. The molecule has 2 heteroatoms. The number of aromatic nitrogens is 1. The number of rotatable bonds is 1. The molecule has 0 N–H and O–H groups in total. The molecule has 2 nitrogen and oxygen atoms in total. The maximum Gasteiger partial charge on any atom is 0.193 e. The summed E-state index contributed by atoms with van der Waals surface area (Å²) in [7, 11) is 0. The molecule has 0 bridgehead atoms. The zero-order valence-corrected chi connectivity index (χ0v) is 7.81. The minimum absolute atomic E-state index is 0.807. The number of hydrogen-bond acceptors (Lipinski definition) is 1. The highest BCUT2D eigenvalue weighted by molar-refractivity contribution is 5.82. The van der Waals surface area contributed by atoms with Crippen LogP contribution in [0.4, 0.5) is 0 Å². The average Bonchev–Trinajstić information content (AvgIpc) is 2.85. The highest BCUT2D eigenvalue weighted by Gasteiger charge is 2.09. The molecule has 1 aliphatic heterocycles. The van der Waals surface area contributed by atoms with Gasteiger partial charge in [-0.2, -0.15) is 0 Å². The lowest BCUT2D eigenvalue weighted by Gasteiger charge is -2.06. The monoisotopic (exact) mass is 185 g/mol. The van der Waals surface area contributed by atoms with Crippen LogP contribution in [0.1, 0.15) is 6.42 Å². The number of nitrogens with zero attached hydrogens (tertiary/aromatic N) is 1. The SMILES string of the molecule is C1=C(n2ccc3ccccc32)OCC1. The fraction of sp³-hybridized carbons (Fsp3) is 0.167. The molecule has 0 spiro atoms. The van der Waals surface area contributed by atoms with Gasteiger partial charge in [0, 0.05) is 18.0 Å². The fourth-order valence-corrected chi connectivity index (χ4v) is 1.85. The van der Waals surface area contributed by atoms with Crippen LogP contribution in [0.15, 0.2) is 42.6 Å². The van der Waals surface area contributed by atoms with E-state index in [-0.39, 0.29) is 0 Å². The molecule has 14 heavy (non-hydrogen) atoms. The third-order valence-corrected chi connectivity index (χ3v) is 2.52. The van der Waals surface area contributed by atoms with E-state index in [2.05, 4.69) is 41.1 Å². The molecule has 0 saturated heterocycles. The van der Waals surface area contributed by atoms with Crippen molar-refractivity contribution >= 4 is 16.8 Å². The predicted octanol–water partition coefficient (Wildman–Crippen LogP) is 2.86. The fourth-order valence-electron chi connectivity index (χ4n) is 1.85. The molecule has 0 unspecified atom stereocenters. The predicted molar refractivity (Wildman–Crippen MR) is 56.8 cm³/mol. The highest BCUT2D eigenvalue weighted by Crippen LogP contribution is 2.22. The van der Waals surface area contributed by atoms with Crippen molar-refractivity contribution in [1.29, 1.82) is 0 Å². The van der Waals surface area contributed by atoms with Crippen molar-refractivity contribution in [1.82, 2.24) is 4.57 Å². The summed E-state index contributed by atoms with van der Waals surface area (Å²) in [6.07, 6.45) is 5.20. The van der Waals surface area contributed by atoms with Crippen LogP contribution in [0.3, 0.4) is 0 Å². The van der Waals surface area contributed by atoms with Gasteiger partial charge in [-0.1, -0.05) is 18.2 Å². The van der Waals surface area contributed by atoms with Crippen LogP contribution in [0.2, 0.25) is 0 Å². The first-order chi connectivity index (χ1) is 6.95. The van der Waals surface area contributed by atoms with Gasteiger partial charge in [-0.05, 0) is 18.2 Å². The summed E-state index contributed by atoms with van der Waals surface area (Å²) in [5.41, 5.74) is 1.21. The second-order valence-electron chi connectivity index (χ2n) is 3.42. The van der Waals surface area contributed by atoms with Gasteiger partial charge in [0.25, 0.3) is 0 Å². The number of ether oxygens (including phenoxy) is 1. The molecule has 70 valence electrons. The van der Waals surface area contributed by atoms with Crippen molar-refractivity contribution in [3.8, 4) is 0 Å². The van der Waals surface area contributed by atoms with Crippen LogP contribution < -0.4 is 0 Å². The second kappa shape index (κ2) is 2.91. The van der Waals surface area contributed by atoms with Crippen molar-refractivity contribution in [2.75, 3.05) is 6.61 Å². The number of fused-ring (bicyclic) bond motifs is 1. The van der Waals surface area contributed by atoms with Crippen LogP contribution in [-0.4, -0.2) is 11.2 Å². The maximum absolute atomic E-state index is 5.53. The summed E-state index contributed by atoms with van der Waals surface area (Å²) >= 11 is 0. The highest BCUT2D eigenvalue weighted by atomic mass is 16.5. The van der Waals surface area contributed by atoms with E-state index in [1.165, 1.54) is 10.9 Å². The molecule has 0 radical (unpaired) electrons. The van der Waals surface area contributed by atoms with Gasteiger partial charge in [0.2, 0.25) is 0 Å². The third kappa shape index (κ3) is 1.04. The summed E-state index contributed by atoms with van der Waals surface area (Å²) < 4.78 is 7.63. The van der Waals surface area contributed by atoms with Gasteiger partial charge in [0.05, 0.1) is 12.1 Å². The lowest BCUT2D eigenvalue weighted by atomic mass is 10.2. The van der Waals surface area contributed by atoms with E-state index < -0.39 is 0 Å². The van der Waals surface area contributed by atoms with Gasteiger partial charge < -0.3 is 4.74 Å². The van der Waals surface area contributed by atoms with Gasteiger partial charge >= 0.3 is 0 Å². The van der Waals surface area contributed by atoms with E-state index in [0.717, 1.165) is 18.9 Å². The van der Waals surface area contributed by atoms with Gasteiger partial charge in [-0.3, -0.25) is 4.57 Å². The Morgan fingerprint density at radius 2 is 2.07 bits per heavy atom. The zero-order chi connectivity index (χ0) is 9.38. The van der Waals surface area contributed by atoms with E-state index in [1.807, 2.05) is 6.07 Å². The van der Waals surface area contributed by atoms with E-state index in [0.29, 0.717) is 0 Å². The minimum atomic E-state index is 0.807. The average molecular weight is 185 g/mol. The Morgan fingerprint density at radius 1 is 1.14 bits per heavy atom. The molecule has 3 rings (SSSR count). The van der Waals surface area contributed by atoms with E-state index in [4.69, 9.17) is 4.74 Å².